The van der Waals surface area contributed by atoms with Gasteiger partial charge in [0.1, 0.15) is 5.69 Å². The molecule has 2 aliphatic rings. The Kier molecular flexibility index (Phi) is 3.72. The smallest absolute Gasteiger partial charge is 0.151 e. The predicted molar refractivity (Wildman–Crippen MR) is 86.4 cm³/mol. The van der Waals surface area contributed by atoms with Crippen LogP contribution in [0.2, 0.25) is 0 Å². The van der Waals surface area contributed by atoms with E-state index in [1.54, 1.807) is 0 Å². The van der Waals surface area contributed by atoms with Crippen LogP contribution in [0.1, 0.15) is 31.4 Å². The summed E-state index contributed by atoms with van der Waals surface area (Å²) in [5.74, 6) is 0.951. The lowest BCUT2D eigenvalue weighted by Crippen LogP contribution is -2.46. The Morgan fingerprint density at radius 2 is 1.91 bits per heavy atom. The number of rotatable bonds is 4. The molecule has 3 heterocycles. The highest BCUT2D eigenvalue weighted by Gasteiger charge is 2.35. The van der Waals surface area contributed by atoms with Crippen molar-refractivity contribution in [3.63, 3.8) is 0 Å². The van der Waals surface area contributed by atoms with Gasteiger partial charge >= 0.3 is 0 Å². The van der Waals surface area contributed by atoms with Crippen LogP contribution in [-0.4, -0.2) is 35.2 Å². The van der Waals surface area contributed by atoms with Crippen LogP contribution in [0.3, 0.4) is 0 Å². The summed E-state index contributed by atoms with van der Waals surface area (Å²) in [6, 6.07) is 14.4. The van der Waals surface area contributed by atoms with Crippen molar-refractivity contribution in [2.75, 3.05) is 7.05 Å². The first-order valence-electron chi connectivity index (χ1n) is 8.25. The number of hydrogen-bond donors (Lipinski definition) is 1. The van der Waals surface area contributed by atoms with Gasteiger partial charge in [-0.3, -0.25) is 4.90 Å². The van der Waals surface area contributed by atoms with E-state index < -0.39 is 0 Å². The fraction of sp³-hybridized carbons (Fsp3) is 0.500. The Morgan fingerprint density at radius 3 is 2.64 bits per heavy atom. The summed E-state index contributed by atoms with van der Waals surface area (Å²) < 4.78 is 5.54. The number of hydrogen-bond acceptors (Lipinski definition) is 4. The molecule has 2 saturated heterocycles. The molecule has 4 rings (SSSR count). The number of benzene rings is 1. The SMILES string of the molecule is CN(Cc1cc(-c2ccccc2)no1)C1CC2CCC(C1)N2. The van der Waals surface area contributed by atoms with Crippen molar-refractivity contribution in [3.05, 3.63) is 42.2 Å². The minimum absolute atomic E-state index is 0.657. The molecule has 2 aromatic rings. The van der Waals surface area contributed by atoms with E-state index in [0.717, 1.165) is 35.6 Å². The maximum Gasteiger partial charge on any atom is 0.151 e. The van der Waals surface area contributed by atoms with Gasteiger partial charge in [0.25, 0.3) is 0 Å². The van der Waals surface area contributed by atoms with Gasteiger partial charge in [-0.15, -0.1) is 0 Å². The summed E-state index contributed by atoms with van der Waals surface area (Å²) in [6.45, 7) is 0.837. The molecule has 2 aliphatic heterocycles. The number of nitrogens with zero attached hydrogens (tertiary/aromatic N) is 2. The van der Waals surface area contributed by atoms with Gasteiger partial charge < -0.3 is 9.84 Å². The van der Waals surface area contributed by atoms with Crippen molar-refractivity contribution in [2.45, 2.75) is 50.4 Å². The lowest BCUT2D eigenvalue weighted by atomic mass is 9.98. The van der Waals surface area contributed by atoms with Crippen LogP contribution in [0.4, 0.5) is 0 Å². The Bertz CT molecular complexity index is 612. The van der Waals surface area contributed by atoms with Gasteiger partial charge in [-0.25, -0.2) is 0 Å². The van der Waals surface area contributed by atoms with Gasteiger partial charge in [0.05, 0.1) is 6.54 Å². The molecule has 0 saturated carbocycles. The molecule has 2 fully saturated rings. The monoisotopic (exact) mass is 297 g/mol. The summed E-state index contributed by atoms with van der Waals surface area (Å²) in [5, 5.41) is 7.92. The fourth-order valence-electron chi connectivity index (χ4n) is 3.89. The van der Waals surface area contributed by atoms with Crippen LogP contribution in [-0.2, 0) is 6.54 Å². The first kappa shape index (κ1) is 14.0. The van der Waals surface area contributed by atoms with Crippen molar-refractivity contribution in [1.82, 2.24) is 15.4 Å². The zero-order valence-electron chi connectivity index (χ0n) is 13.0. The lowest BCUT2D eigenvalue weighted by Gasteiger charge is -2.35. The molecule has 116 valence electrons. The van der Waals surface area contributed by atoms with Crippen molar-refractivity contribution in [3.8, 4) is 11.3 Å². The van der Waals surface area contributed by atoms with Crippen LogP contribution in [0.15, 0.2) is 40.9 Å². The second-order valence-electron chi connectivity index (χ2n) is 6.72. The fourth-order valence-corrected chi connectivity index (χ4v) is 3.89. The molecule has 2 unspecified atom stereocenters. The number of fused-ring (bicyclic) bond motifs is 2. The largest absolute Gasteiger partial charge is 0.359 e. The molecule has 1 N–H and O–H groups in total. The highest BCUT2D eigenvalue weighted by Crippen LogP contribution is 2.30. The van der Waals surface area contributed by atoms with Crippen molar-refractivity contribution >= 4 is 0 Å². The van der Waals surface area contributed by atoms with Gasteiger partial charge in [-0.2, -0.15) is 0 Å². The normalized spacial score (nSPS) is 27.5. The zero-order chi connectivity index (χ0) is 14.9. The first-order valence-corrected chi connectivity index (χ1v) is 8.25. The summed E-state index contributed by atoms with van der Waals surface area (Å²) in [4.78, 5) is 2.43. The topological polar surface area (TPSA) is 41.3 Å². The molecule has 2 atom stereocenters. The van der Waals surface area contributed by atoms with Crippen LogP contribution < -0.4 is 5.32 Å². The third-order valence-corrected chi connectivity index (χ3v) is 5.11. The standard InChI is InChI=1S/C18H23N3O/c1-21(16-9-14-7-8-15(10-16)19-14)12-17-11-18(20-22-17)13-5-3-2-4-6-13/h2-6,11,14-16,19H,7-10,12H2,1H3. The molecule has 0 radical (unpaired) electrons. The summed E-state index contributed by atoms with van der Waals surface area (Å²) in [7, 11) is 2.21. The van der Waals surface area contributed by atoms with E-state index in [2.05, 4.69) is 40.6 Å². The van der Waals surface area contributed by atoms with Crippen molar-refractivity contribution in [2.24, 2.45) is 0 Å². The zero-order valence-corrected chi connectivity index (χ0v) is 13.0. The molecule has 0 spiro atoms. The lowest BCUT2D eigenvalue weighted by molar-refractivity contribution is 0.152. The second kappa shape index (κ2) is 5.86. The summed E-state index contributed by atoms with van der Waals surface area (Å²) in [6.07, 6.45) is 5.20. The molecule has 1 aromatic heterocycles. The minimum Gasteiger partial charge on any atom is -0.359 e. The minimum atomic E-state index is 0.657. The Labute approximate surface area is 131 Å². The predicted octanol–water partition coefficient (Wildman–Crippen LogP) is 3.06. The molecule has 0 aliphatic carbocycles. The Balaban J connectivity index is 1.42. The third kappa shape index (κ3) is 2.81. The molecular formula is C18H23N3O. The molecule has 1 aromatic carbocycles. The second-order valence-corrected chi connectivity index (χ2v) is 6.72. The van der Waals surface area contributed by atoms with E-state index in [0.29, 0.717) is 6.04 Å². The van der Waals surface area contributed by atoms with Crippen LogP contribution in [0.25, 0.3) is 11.3 Å². The van der Waals surface area contributed by atoms with E-state index >= 15 is 0 Å². The molecule has 2 bridgehead atoms. The van der Waals surface area contributed by atoms with Crippen LogP contribution in [0, 0.1) is 0 Å². The Morgan fingerprint density at radius 1 is 1.18 bits per heavy atom. The van der Waals surface area contributed by atoms with Gasteiger partial charge in [0, 0.05) is 29.8 Å². The van der Waals surface area contributed by atoms with Gasteiger partial charge in [-0.05, 0) is 32.7 Å². The van der Waals surface area contributed by atoms with E-state index in [1.165, 1.54) is 25.7 Å². The highest BCUT2D eigenvalue weighted by atomic mass is 16.5. The van der Waals surface area contributed by atoms with Crippen LogP contribution in [0.5, 0.6) is 0 Å². The number of nitrogens with one attached hydrogen (secondary N) is 1. The van der Waals surface area contributed by atoms with E-state index in [9.17, 15) is 0 Å². The average molecular weight is 297 g/mol. The molecule has 22 heavy (non-hydrogen) atoms. The van der Waals surface area contributed by atoms with Crippen molar-refractivity contribution < 1.29 is 4.52 Å². The average Bonchev–Trinajstić information content (AvgIpc) is 3.14. The maximum absolute atomic E-state index is 5.54. The highest BCUT2D eigenvalue weighted by molar-refractivity contribution is 5.58. The number of aromatic nitrogens is 1. The van der Waals surface area contributed by atoms with E-state index in [1.807, 2.05) is 18.2 Å². The van der Waals surface area contributed by atoms with Gasteiger partial charge in [0.2, 0.25) is 0 Å². The van der Waals surface area contributed by atoms with Gasteiger partial charge in [-0.1, -0.05) is 35.5 Å². The molecular weight excluding hydrogens is 274 g/mol. The van der Waals surface area contributed by atoms with Crippen LogP contribution >= 0.6 is 0 Å². The summed E-state index contributed by atoms with van der Waals surface area (Å²) in [5.41, 5.74) is 2.04. The van der Waals surface area contributed by atoms with E-state index in [4.69, 9.17) is 4.52 Å². The summed E-state index contributed by atoms with van der Waals surface area (Å²) >= 11 is 0. The molecule has 4 heteroatoms. The molecule has 0 amide bonds. The molecule has 4 nitrogen and oxygen atoms in total. The number of piperidine rings is 1. The maximum atomic E-state index is 5.54. The van der Waals surface area contributed by atoms with E-state index in [-0.39, 0.29) is 0 Å². The quantitative estimate of drug-likeness (QED) is 0.941. The Hall–Kier alpha value is -1.65. The van der Waals surface area contributed by atoms with Crippen molar-refractivity contribution in [1.29, 1.82) is 0 Å². The third-order valence-electron chi connectivity index (χ3n) is 5.11. The first-order chi connectivity index (χ1) is 10.8. The van der Waals surface area contributed by atoms with Gasteiger partial charge in [0.15, 0.2) is 5.76 Å².